The van der Waals surface area contributed by atoms with E-state index in [0.717, 1.165) is 12.1 Å². The van der Waals surface area contributed by atoms with Crippen LogP contribution in [0, 0.1) is 0 Å². The van der Waals surface area contributed by atoms with Crippen LogP contribution >= 0.6 is 0 Å². The number of aliphatic hydroxyl groups is 1. The number of hydrogen-bond acceptors (Lipinski definition) is 2. The van der Waals surface area contributed by atoms with Gasteiger partial charge in [0.05, 0.1) is 0 Å². The Balaban J connectivity index is 2.08. The first-order valence-electron chi connectivity index (χ1n) is 6.78. The van der Waals surface area contributed by atoms with Gasteiger partial charge in [-0.3, -0.25) is 4.90 Å². The highest BCUT2D eigenvalue weighted by Gasteiger charge is 2.26. The van der Waals surface area contributed by atoms with Crippen LogP contribution in [0.25, 0.3) is 0 Å². The molecule has 0 aliphatic heterocycles. The van der Waals surface area contributed by atoms with Gasteiger partial charge in [0.1, 0.15) is 5.60 Å². The molecular weight excluding hydrogens is 246 g/mol. The van der Waals surface area contributed by atoms with Crippen molar-refractivity contribution >= 4 is 0 Å². The summed E-state index contributed by atoms with van der Waals surface area (Å²) in [6.45, 7) is 5.10. The van der Waals surface area contributed by atoms with E-state index in [9.17, 15) is 5.11 Å². The second kappa shape index (κ2) is 6.51. The molecule has 0 fully saturated rings. The molecule has 0 aromatic heterocycles. The maximum absolute atomic E-state index is 10.8. The van der Waals surface area contributed by atoms with Gasteiger partial charge < -0.3 is 5.11 Å². The molecule has 1 atom stereocenters. The molecule has 2 rings (SSSR count). The van der Waals surface area contributed by atoms with Crippen LogP contribution in [-0.4, -0.2) is 23.6 Å². The molecule has 0 spiro atoms. The average Bonchev–Trinajstić information content (AvgIpc) is 2.49. The van der Waals surface area contributed by atoms with Crippen LogP contribution in [0.5, 0.6) is 0 Å². The van der Waals surface area contributed by atoms with E-state index in [0.29, 0.717) is 6.54 Å². The molecule has 0 saturated heterocycles. The predicted molar refractivity (Wildman–Crippen MR) is 83.3 cm³/mol. The summed E-state index contributed by atoms with van der Waals surface area (Å²) in [4.78, 5) is 2.10. The minimum absolute atomic E-state index is 0.509. The first-order chi connectivity index (χ1) is 9.64. The molecule has 104 valence electrons. The Morgan fingerprint density at radius 1 is 1.05 bits per heavy atom. The van der Waals surface area contributed by atoms with Crippen LogP contribution in [0.4, 0.5) is 0 Å². The van der Waals surface area contributed by atoms with Gasteiger partial charge in [-0.1, -0.05) is 73.3 Å². The van der Waals surface area contributed by atoms with Crippen molar-refractivity contribution in [3.8, 4) is 0 Å². The van der Waals surface area contributed by atoms with Gasteiger partial charge in [-0.05, 0) is 18.2 Å². The molecule has 0 amide bonds. The summed E-state index contributed by atoms with van der Waals surface area (Å²) in [5.74, 6) is 0. The van der Waals surface area contributed by atoms with Crippen LogP contribution in [0.2, 0.25) is 0 Å². The van der Waals surface area contributed by atoms with E-state index < -0.39 is 5.60 Å². The monoisotopic (exact) mass is 267 g/mol. The lowest BCUT2D eigenvalue weighted by molar-refractivity contribution is 0.0494. The molecule has 0 radical (unpaired) electrons. The molecule has 0 saturated carbocycles. The Kier molecular flexibility index (Phi) is 4.72. The molecule has 0 bridgehead atoms. The third-order valence-corrected chi connectivity index (χ3v) is 3.42. The van der Waals surface area contributed by atoms with Crippen LogP contribution in [0.15, 0.2) is 73.3 Å². The van der Waals surface area contributed by atoms with Gasteiger partial charge in [-0.2, -0.15) is 0 Å². The van der Waals surface area contributed by atoms with Gasteiger partial charge in [-0.25, -0.2) is 0 Å². The molecule has 2 nitrogen and oxygen atoms in total. The maximum Gasteiger partial charge on any atom is 0.120 e. The summed E-state index contributed by atoms with van der Waals surface area (Å²) in [5.41, 5.74) is 1.08. The number of nitrogens with zero attached hydrogens (tertiary/aromatic N) is 1. The van der Waals surface area contributed by atoms with Crippen LogP contribution in [0.1, 0.15) is 11.1 Å². The standard InChI is InChI=1S/C18H21NO/c1-3-18(20,17-12-8-5-9-13-17)15-19(2)14-16-10-6-4-7-11-16/h3-13,20H,1,14-15H2,2H3. The Morgan fingerprint density at radius 3 is 2.15 bits per heavy atom. The maximum atomic E-state index is 10.8. The SMILES string of the molecule is C=CC(O)(CN(C)Cc1ccccc1)c1ccccc1. The summed E-state index contributed by atoms with van der Waals surface area (Å²) in [5, 5.41) is 10.8. The largest absolute Gasteiger partial charge is 0.380 e. The van der Waals surface area contributed by atoms with Gasteiger partial charge in [0.25, 0.3) is 0 Å². The van der Waals surface area contributed by atoms with Crippen molar-refractivity contribution in [1.82, 2.24) is 4.90 Å². The van der Waals surface area contributed by atoms with Gasteiger partial charge in [0.2, 0.25) is 0 Å². The third-order valence-electron chi connectivity index (χ3n) is 3.42. The fraction of sp³-hybridized carbons (Fsp3) is 0.222. The quantitative estimate of drug-likeness (QED) is 0.813. The van der Waals surface area contributed by atoms with Crippen molar-refractivity contribution < 1.29 is 5.11 Å². The first-order valence-corrected chi connectivity index (χ1v) is 6.78. The zero-order valence-corrected chi connectivity index (χ0v) is 11.9. The zero-order chi connectivity index (χ0) is 14.4. The molecular formula is C18H21NO. The Bertz CT molecular complexity index is 538. The molecule has 0 aliphatic carbocycles. The summed E-state index contributed by atoms with van der Waals surface area (Å²) < 4.78 is 0. The van der Waals surface area contributed by atoms with Gasteiger partial charge in [0, 0.05) is 13.1 Å². The van der Waals surface area contributed by atoms with Crippen molar-refractivity contribution in [2.24, 2.45) is 0 Å². The van der Waals surface area contributed by atoms with E-state index in [1.807, 2.05) is 55.6 Å². The minimum Gasteiger partial charge on any atom is -0.380 e. The van der Waals surface area contributed by atoms with Crippen molar-refractivity contribution in [2.75, 3.05) is 13.6 Å². The first kappa shape index (κ1) is 14.5. The van der Waals surface area contributed by atoms with Crippen LogP contribution in [-0.2, 0) is 12.1 Å². The summed E-state index contributed by atoms with van der Waals surface area (Å²) >= 11 is 0. The number of rotatable bonds is 6. The summed E-state index contributed by atoms with van der Waals surface area (Å²) in [6, 6.07) is 19.9. The van der Waals surface area contributed by atoms with E-state index >= 15 is 0 Å². The second-order valence-electron chi connectivity index (χ2n) is 5.15. The Morgan fingerprint density at radius 2 is 1.60 bits per heavy atom. The van der Waals surface area contributed by atoms with Crippen molar-refractivity contribution in [3.63, 3.8) is 0 Å². The normalized spacial score (nSPS) is 13.9. The van der Waals surface area contributed by atoms with E-state index in [1.54, 1.807) is 6.08 Å². The highest BCUT2D eigenvalue weighted by atomic mass is 16.3. The molecule has 2 aromatic rings. The highest BCUT2D eigenvalue weighted by molar-refractivity contribution is 5.27. The van der Waals surface area contributed by atoms with E-state index in [-0.39, 0.29) is 0 Å². The Hall–Kier alpha value is -1.90. The fourth-order valence-electron chi connectivity index (χ4n) is 2.36. The zero-order valence-electron chi connectivity index (χ0n) is 11.9. The lowest BCUT2D eigenvalue weighted by atomic mass is 9.93. The summed E-state index contributed by atoms with van der Waals surface area (Å²) in [7, 11) is 2.00. The number of likely N-dealkylation sites (N-methyl/N-ethyl adjacent to an activating group) is 1. The molecule has 2 heteroatoms. The van der Waals surface area contributed by atoms with Crippen molar-refractivity contribution in [2.45, 2.75) is 12.1 Å². The second-order valence-corrected chi connectivity index (χ2v) is 5.15. The minimum atomic E-state index is -1.02. The topological polar surface area (TPSA) is 23.5 Å². The third kappa shape index (κ3) is 3.56. The molecule has 0 heterocycles. The van der Waals surface area contributed by atoms with Gasteiger partial charge >= 0.3 is 0 Å². The smallest absolute Gasteiger partial charge is 0.120 e. The molecule has 0 aliphatic rings. The molecule has 1 N–H and O–H groups in total. The Labute approximate surface area is 121 Å². The van der Waals surface area contributed by atoms with Crippen molar-refractivity contribution in [1.29, 1.82) is 0 Å². The van der Waals surface area contributed by atoms with E-state index in [2.05, 4.69) is 23.6 Å². The van der Waals surface area contributed by atoms with E-state index in [1.165, 1.54) is 5.56 Å². The van der Waals surface area contributed by atoms with E-state index in [4.69, 9.17) is 0 Å². The summed E-state index contributed by atoms with van der Waals surface area (Å²) in [6.07, 6.45) is 1.61. The lowest BCUT2D eigenvalue weighted by Gasteiger charge is -2.30. The number of benzene rings is 2. The average molecular weight is 267 g/mol. The molecule has 20 heavy (non-hydrogen) atoms. The number of hydrogen-bond donors (Lipinski definition) is 1. The fourth-order valence-corrected chi connectivity index (χ4v) is 2.36. The molecule has 2 aromatic carbocycles. The van der Waals surface area contributed by atoms with Crippen molar-refractivity contribution in [3.05, 3.63) is 84.4 Å². The predicted octanol–water partition coefficient (Wildman–Crippen LogP) is 3.19. The van der Waals surface area contributed by atoms with Crippen LogP contribution in [0.3, 0.4) is 0 Å². The van der Waals surface area contributed by atoms with Gasteiger partial charge in [0.15, 0.2) is 0 Å². The molecule has 1 unspecified atom stereocenters. The van der Waals surface area contributed by atoms with Gasteiger partial charge in [-0.15, -0.1) is 0 Å². The van der Waals surface area contributed by atoms with Crippen LogP contribution < -0.4 is 0 Å². The highest BCUT2D eigenvalue weighted by Crippen LogP contribution is 2.23. The lowest BCUT2D eigenvalue weighted by Crippen LogP contribution is -2.37.